The standard InChI is InChI=1S/C37H28N4O3/c1-24(27-12-14-30(15-13-27)37(43)44)40-36(42)34-20-33(29-8-4-25(21-38)5-9-29)19-31-16-18-41(35(31)34)23-26-6-10-28(11-7-26)32-3-2-17-39-22-32/h2-20,22,24H,23H2,1H3,(H,40,42)(H,43,44)/t24-/m0/s1. The molecular weight excluding hydrogens is 548 g/mol. The fraction of sp³-hybridized carbons (Fsp3) is 0.0811. The predicted molar refractivity (Wildman–Crippen MR) is 170 cm³/mol. The molecule has 44 heavy (non-hydrogen) atoms. The van der Waals surface area contributed by atoms with Gasteiger partial charge in [0.1, 0.15) is 0 Å². The van der Waals surface area contributed by atoms with Crippen LogP contribution in [0.4, 0.5) is 0 Å². The summed E-state index contributed by atoms with van der Waals surface area (Å²) in [7, 11) is 0. The zero-order chi connectivity index (χ0) is 30.6. The van der Waals surface area contributed by atoms with Crippen LogP contribution in [0.3, 0.4) is 0 Å². The molecule has 1 atom stereocenters. The van der Waals surface area contributed by atoms with Gasteiger partial charge in [-0.1, -0.05) is 54.6 Å². The fourth-order valence-electron chi connectivity index (χ4n) is 5.36. The number of carbonyl (C=O) groups is 2. The van der Waals surface area contributed by atoms with E-state index in [4.69, 9.17) is 0 Å². The van der Waals surface area contributed by atoms with Crippen LogP contribution < -0.4 is 5.32 Å². The van der Waals surface area contributed by atoms with Crippen LogP contribution in [0.15, 0.2) is 122 Å². The lowest BCUT2D eigenvalue weighted by Crippen LogP contribution is -2.27. The molecule has 7 heteroatoms. The maximum absolute atomic E-state index is 13.9. The van der Waals surface area contributed by atoms with Gasteiger partial charge in [0.25, 0.3) is 5.91 Å². The summed E-state index contributed by atoms with van der Waals surface area (Å²) >= 11 is 0. The Morgan fingerprint density at radius 1 is 0.886 bits per heavy atom. The van der Waals surface area contributed by atoms with Crippen LogP contribution in [0.5, 0.6) is 0 Å². The maximum atomic E-state index is 13.9. The van der Waals surface area contributed by atoms with Crippen LogP contribution in [0.1, 0.15) is 50.4 Å². The largest absolute Gasteiger partial charge is 0.478 e. The number of hydrogen-bond acceptors (Lipinski definition) is 4. The number of aromatic nitrogens is 2. The van der Waals surface area contributed by atoms with E-state index in [9.17, 15) is 20.0 Å². The highest BCUT2D eigenvalue weighted by Gasteiger charge is 2.19. The molecule has 214 valence electrons. The Balaban J connectivity index is 1.36. The number of nitrogens with one attached hydrogen (secondary N) is 1. The Hall–Kier alpha value is -6.00. The van der Waals surface area contributed by atoms with Crippen molar-refractivity contribution in [3.63, 3.8) is 0 Å². The molecule has 0 radical (unpaired) electrons. The van der Waals surface area contributed by atoms with Crippen molar-refractivity contribution in [2.45, 2.75) is 19.5 Å². The Morgan fingerprint density at radius 2 is 1.59 bits per heavy atom. The molecule has 0 unspecified atom stereocenters. The highest BCUT2D eigenvalue weighted by Crippen LogP contribution is 2.31. The minimum Gasteiger partial charge on any atom is -0.478 e. The molecule has 0 fully saturated rings. The third-order valence-corrected chi connectivity index (χ3v) is 7.76. The molecule has 0 aliphatic rings. The number of carboxylic acids is 1. The number of fused-ring (bicyclic) bond motifs is 1. The van der Waals surface area contributed by atoms with Crippen LogP contribution in [0, 0.1) is 11.3 Å². The number of pyridine rings is 1. The van der Waals surface area contributed by atoms with Crippen molar-refractivity contribution in [3.05, 3.63) is 150 Å². The van der Waals surface area contributed by atoms with Gasteiger partial charge >= 0.3 is 5.97 Å². The number of aromatic carboxylic acids is 1. The molecule has 0 saturated carbocycles. The highest BCUT2D eigenvalue weighted by molar-refractivity contribution is 6.08. The molecular formula is C37H28N4O3. The van der Waals surface area contributed by atoms with Gasteiger partial charge in [-0.15, -0.1) is 0 Å². The minimum absolute atomic E-state index is 0.190. The second kappa shape index (κ2) is 12.1. The maximum Gasteiger partial charge on any atom is 0.335 e. The second-order valence-corrected chi connectivity index (χ2v) is 10.7. The predicted octanol–water partition coefficient (Wildman–Crippen LogP) is 7.48. The summed E-state index contributed by atoms with van der Waals surface area (Å²) < 4.78 is 2.08. The van der Waals surface area contributed by atoms with E-state index in [2.05, 4.69) is 51.3 Å². The lowest BCUT2D eigenvalue weighted by atomic mass is 9.98. The lowest BCUT2D eigenvalue weighted by Gasteiger charge is -2.17. The first kappa shape index (κ1) is 28.1. The molecule has 2 aromatic heterocycles. The van der Waals surface area contributed by atoms with Crippen molar-refractivity contribution in [1.82, 2.24) is 14.9 Å². The monoisotopic (exact) mass is 576 g/mol. The van der Waals surface area contributed by atoms with Gasteiger partial charge in [0.05, 0.1) is 34.3 Å². The van der Waals surface area contributed by atoms with Crippen molar-refractivity contribution in [2.24, 2.45) is 0 Å². The Bertz CT molecular complexity index is 2010. The number of benzene rings is 4. The van der Waals surface area contributed by atoms with Crippen LogP contribution in [0.2, 0.25) is 0 Å². The molecule has 2 N–H and O–H groups in total. The smallest absolute Gasteiger partial charge is 0.335 e. The molecule has 0 spiro atoms. The number of carboxylic acid groups (broad SMARTS) is 1. The molecule has 7 nitrogen and oxygen atoms in total. The summed E-state index contributed by atoms with van der Waals surface area (Å²) in [5, 5.41) is 22.5. The van der Waals surface area contributed by atoms with Crippen molar-refractivity contribution in [2.75, 3.05) is 0 Å². The van der Waals surface area contributed by atoms with E-state index < -0.39 is 5.97 Å². The number of amides is 1. The van der Waals surface area contributed by atoms with E-state index in [0.29, 0.717) is 17.7 Å². The third kappa shape index (κ3) is 5.83. The Labute approximate surface area is 254 Å². The number of nitriles is 1. The van der Waals surface area contributed by atoms with Gasteiger partial charge < -0.3 is 15.0 Å². The summed E-state index contributed by atoms with van der Waals surface area (Å²) in [6, 6.07) is 33.8. The average molecular weight is 577 g/mol. The molecule has 0 aliphatic carbocycles. The van der Waals surface area contributed by atoms with Gasteiger partial charge in [0.15, 0.2) is 0 Å². The van der Waals surface area contributed by atoms with E-state index in [0.717, 1.165) is 44.3 Å². The number of nitrogens with zero attached hydrogens (tertiary/aromatic N) is 3. The van der Waals surface area contributed by atoms with E-state index in [1.54, 1.807) is 30.5 Å². The highest BCUT2D eigenvalue weighted by atomic mass is 16.4. The molecule has 0 saturated heterocycles. The van der Waals surface area contributed by atoms with E-state index in [-0.39, 0.29) is 17.5 Å². The molecule has 2 heterocycles. The summed E-state index contributed by atoms with van der Waals surface area (Å²) in [4.78, 5) is 29.4. The van der Waals surface area contributed by atoms with Gasteiger partial charge in [-0.3, -0.25) is 9.78 Å². The number of hydrogen-bond donors (Lipinski definition) is 2. The molecule has 6 rings (SSSR count). The fourth-order valence-corrected chi connectivity index (χ4v) is 5.36. The number of rotatable bonds is 8. The molecule has 0 aliphatic heterocycles. The van der Waals surface area contributed by atoms with Gasteiger partial charge in [-0.2, -0.15) is 5.26 Å². The zero-order valence-electron chi connectivity index (χ0n) is 23.9. The zero-order valence-corrected chi connectivity index (χ0v) is 23.9. The SMILES string of the molecule is C[C@H](NC(=O)c1cc(-c2ccc(C#N)cc2)cc2ccn(Cc3ccc(-c4cccnc4)cc3)c12)c1ccc(C(=O)O)cc1. The van der Waals surface area contributed by atoms with Crippen molar-refractivity contribution >= 4 is 22.8 Å². The van der Waals surface area contributed by atoms with Crippen LogP contribution >= 0.6 is 0 Å². The van der Waals surface area contributed by atoms with Crippen LogP contribution in [-0.4, -0.2) is 26.5 Å². The molecule has 6 aromatic rings. The van der Waals surface area contributed by atoms with Gasteiger partial charge in [0.2, 0.25) is 0 Å². The van der Waals surface area contributed by atoms with Crippen molar-refractivity contribution < 1.29 is 14.7 Å². The quantitative estimate of drug-likeness (QED) is 0.195. The number of carbonyl (C=O) groups excluding carboxylic acids is 1. The van der Waals surface area contributed by atoms with Crippen molar-refractivity contribution in [3.8, 4) is 28.3 Å². The van der Waals surface area contributed by atoms with Gasteiger partial charge in [0, 0.05) is 30.5 Å². The summed E-state index contributed by atoms with van der Waals surface area (Å²) in [6.45, 7) is 2.44. The summed E-state index contributed by atoms with van der Waals surface area (Å²) in [6.07, 6.45) is 5.59. The molecule has 1 amide bonds. The summed E-state index contributed by atoms with van der Waals surface area (Å²) in [5.41, 5.74) is 7.86. The van der Waals surface area contributed by atoms with Gasteiger partial charge in [-0.05, 0) is 88.8 Å². The lowest BCUT2D eigenvalue weighted by molar-refractivity contribution is 0.0696. The van der Waals surface area contributed by atoms with Crippen molar-refractivity contribution in [1.29, 1.82) is 5.26 Å². The minimum atomic E-state index is -0.997. The Morgan fingerprint density at radius 3 is 2.25 bits per heavy atom. The second-order valence-electron chi connectivity index (χ2n) is 10.7. The first-order chi connectivity index (χ1) is 21.4. The van der Waals surface area contributed by atoms with E-state index >= 15 is 0 Å². The van der Waals surface area contributed by atoms with Crippen LogP contribution in [-0.2, 0) is 6.54 Å². The summed E-state index contributed by atoms with van der Waals surface area (Å²) in [5.74, 6) is -1.24. The van der Waals surface area contributed by atoms with E-state index in [1.807, 2.05) is 55.7 Å². The van der Waals surface area contributed by atoms with Crippen LogP contribution in [0.25, 0.3) is 33.2 Å². The normalized spacial score (nSPS) is 11.5. The first-order valence-corrected chi connectivity index (χ1v) is 14.2. The molecule has 0 bridgehead atoms. The third-order valence-electron chi connectivity index (χ3n) is 7.76. The topological polar surface area (TPSA) is 108 Å². The van der Waals surface area contributed by atoms with Gasteiger partial charge in [-0.25, -0.2) is 4.79 Å². The molecule has 4 aromatic carbocycles. The van der Waals surface area contributed by atoms with E-state index in [1.165, 1.54) is 12.1 Å². The average Bonchev–Trinajstić information content (AvgIpc) is 3.47. The Kier molecular flexibility index (Phi) is 7.73. The first-order valence-electron chi connectivity index (χ1n) is 14.2.